The number of nitrogens with two attached hydrogens (primary N) is 2. The molecule has 2 aliphatic heterocycles. The highest BCUT2D eigenvalue weighted by molar-refractivity contribution is 4.78. The highest BCUT2D eigenvalue weighted by atomic mass is 15.2. The molecule has 2 saturated heterocycles. The second kappa shape index (κ2) is 8.86. The third kappa shape index (κ3) is 4.50. The zero-order valence-corrected chi connectivity index (χ0v) is 12.3. The van der Waals surface area contributed by atoms with Gasteiger partial charge in [-0.3, -0.25) is 9.80 Å². The maximum Gasteiger partial charge on any atom is 0.0218 e. The maximum atomic E-state index is 5.56. The monoisotopic (exact) mass is 256 g/mol. The van der Waals surface area contributed by atoms with E-state index in [2.05, 4.69) is 23.6 Å². The van der Waals surface area contributed by atoms with Crippen molar-refractivity contribution >= 4 is 0 Å². The third-order valence-corrected chi connectivity index (χ3v) is 4.35. The molecule has 2 atom stereocenters. The summed E-state index contributed by atoms with van der Waals surface area (Å²) in [4.78, 5) is 4.92. The van der Waals surface area contributed by atoms with E-state index in [1.165, 1.54) is 51.9 Å². The summed E-state index contributed by atoms with van der Waals surface area (Å²) in [6.07, 6.45) is 5.31. The van der Waals surface area contributed by atoms with Crippen LogP contribution in [0.4, 0.5) is 0 Å². The molecule has 0 aromatic carbocycles. The third-order valence-electron chi connectivity index (χ3n) is 4.35. The van der Waals surface area contributed by atoms with E-state index in [1.807, 2.05) is 0 Å². The number of rotatable bonds is 4. The highest BCUT2D eigenvalue weighted by Gasteiger charge is 2.21. The Morgan fingerprint density at radius 2 is 1.22 bits per heavy atom. The van der Waals surface area contributed by atoms with E-state index in [1.54, 1.807) is 0 Å². The smallest absolute Gasteiger partial charge is 0.0218 e. The lowest BCUT2D eigenvalue weighted by Gasteiger charge is -2.20. The topological polar surface area (TPSA) is 58.5 Å². The van der Waals surface area contributed by atoms with Gasteiger partial charge in [0, 0.05) is 25.2 Å². The first-order chi connectivity index (χ1) is 8.76. The van der Waals surface area contributed by atoms with Crippen LogP contribution in [0.1, 0.15) is 39.5 Å². The van der Waals surface area contributed by atoms with Gasteiger partial charge < -0.3 is 11.5 Å². The van der Waals surface area contributed by atoms with Gasteiger partial charge >= 0.3 is 0 Å². The molecule has 0 radical (unpaired) electrons. The fourth-order valence-electron chi connectivity index (χ4n) is 3.16. The quantitative estimate of drug-likeness (QED) is 0.783. The molecule has 4 heteroatoms. The Labute approximate surface area is 113 Å². The van der Waals surface area contributed by atoms with Crippen molar-refractivity contribution < 1.29 is 0 Å². The minimum absolute atomic E-state index is 0.690. The number of hydrogen-bond donors (Lipinski definition) is 2. The fraction of sp³-hybridized carbons (Fsp3) is 1.00. The lowest BCUT2D eigenvalue weighted by molar-refractivity contribution is 0.272. The van der Waals surface area contributed by atoms with Gasteiger partial charge in [-0.15, -0.1) is 0 Å². The van der Waals surface area contributed by atoms with Crippen LogP contribution in [0.15, 0.2) is 0 Å². The summed E-state index contributed by atoms with van der Waals surface area (Å²) >= 11 is 0. The van der Waals surface area contributed by atoms with Gasteiger partial charge in [0.05, 0.1) is 0 Å². The Morgan fingerprint density at radius 1 is 0.833 bits per heavy atom. The number of likely N-dealkylation sites (N-methyl/N-ethyl adjacent to an activating group) is 2. The van der Waals surface area contributed by atoms with Crippen LogP contribution in [-0.2, 0) is 0 Å². The minimum atomic E-state index is 0.690. The standard InChI is InChI=1S/2C7H16N2/c2*1-2-9-5-3-4-7(9)6-8/h2*7H,2-6,8H2,1H3. The predicted molar refractivity (Wildman–Crippen MR) is 78.6 cm³/mol. The van der Waals surface area contributed by atoms with Crippen LogP contribution < -0.4 is 11.5 Å². The summed E-state index contributed by atoms with van der Waals surface area (Å²) in [6, 6.07) is 1.38. The highest BCUT2D eigenvalue weighted by Crippen LogP contribution is 2.15. The minimum Gasteiger partial charge on any atom is -0.329 e. The molecule has 2 rings (SSSR count). The van der Waals surface area contributed by atoms with Crippen LogP contribution in [0.5, 0.6) is 0 Å². The second-order valence-corrected chi connectivity index (χ2v) is 5.32. The molecule has 0 saturated carbocycles. The Morgan fingerprint density at radius 3 is 1.44 bits per heavy atom. The van der Waals surface area contributed by atoms with Crippen molar-refractivity contribution in [3.05, 3.63) is 0 Å². The van der Waals surface area contributed by atoms with Crippen molar-refractivity contribution in [2.45, 2.75) is 51.6 Å². The average Bonchev–Trinajstić information content (AvgIpc) is 3.06. The molecular weight excluding hydrogens is 224 g/mol. The average molecular weight is 256 g/mol. The SMILES string of the molecule is CCN1CCCC1CN.CCN1CCCC1CN. The molecule has 0 aliphatic carbocycles. The molecule has 108 valence electrons. The van der Waals surface area contributed by atoms with Crippen molar-refractivity contribution in [2.24, 2.45) is 11.5 Å². The summed E-state index contributed by atoms with van der Waals surface area (Å²) in [5.74, 6) is 0. The summed E-state index contributed by atoms with van der Waals surface area (Å²) in [6.45, 7) is 10.9. The number of nitrogens with zero attached hydrogens (tertiary/aromatic N) is 2. The van der Waals surface area contributed by atoms with Crippen LogP contribution in [0, 0.1) is 0 Å². The maximum absolute atomic E-state index is 5.56. The first kappa shape index (κ1) is 15.9. The zero-order chi connectivity index (χ0) is 13.4. The molecule has 18 heavy (non-hydrogen) atoms. The van der Waals surface area contributed by atoms with Crippen LogP contribution >= 0.6 is 0 Å². The van der Waals surface area contributed by atoms with Gasteiger partial charge in [0.1, 0.15) is 0 Å². The van der Waals surface area contributed by atoms with Gasteiger partial charge in [-0.2, -0.15) is 0 Å². The molecular formula is C14H32N4. The Kier molecular flexibility index (Phi) is 7.82. The molecule has 0 bridgehead atoms. The molecule has 2 unspecified atom stereocenters. The first-order valence-electron chi connectivity index (χ1n) is 7.65. The Balaban J connectivity index is 0.000000180. The van der Waals surface area contributed by atoms with Crippen LogP contribution in [-0.4, -0.2) is 61.2 Å². The molecule has 0 spiro atoms. The summed E-state index contributed by atoms with van der Waals surface area (Å²) in [5.41, 5.74) is 11.1. The van der Waals surface area contributed by atoms with Crippen molar-refractivity contribution in [1.82, 2.24) is 9.80 Å². The van der Waals surface area contributed by atoms with E-state index < -0.39 is 0 Å². The Hall–Kier alpha value is -0.160. The number of likely N-dealkylation sites (tertiary alicyclic amines) is 2. The van der Waals surface area contributed by atoms with Gasteiger partial charge in [-0.25, -0.2) is 0 Å². The van der Waals surface area contributed by atoms with E-state index in [9.17, 15) is 0 Å². The van der Waals surface area contributed by atoms with Crippen molar-refractivity contribution in [2.75, 3.05) is 39.3 Å². The molecule has 0 aromatic rings. The van der Waals surface area contributed by atoms with Crippen LogP contribution in [0.2, 0.25) is 0 Å². The van der Waals surface area contributed by atoms with Gasteiger partial charge in [-0.05, 0) is 51.9 Å². The van der Waals surface area contributed by atoms with Crippen molar-refractivity contribution in [3.63, 3.8) is 0 Å². The lowest BCUT2D eigenvalue weighted by atomic mass is 10.2. The largest absolute Gasteiger partial charge is 0.329 e. The van der Waals surface area contributed by atoms with Gasteiger partial charge in [0.25, 0.3) is 0 Å². The van der Waals surface area contributed by atoms with Gasteiger partial charge in [0.15, 0.2) is 0 Å². The van der Waals surface area contributed by atoms with E-state index in [-0.39, 0.29) is 0 Å². The first-order valence-corrected chi connectivity index (χ1v) is 7.65. The molecule has 4 nitrogen and oxygen atoms in total. The van der Waals surface area contributed by atoms with E-state index in [4.69, 9.17) is 11.5 Å². The second-order valence-electron chi connectivity index (χ2n) is 5.32. The summed E-state index contributed by atoms with van der Waals surface area (Å²) in [5, 5.41) is 0. The van der Waals surface area contributed by atoms with E-state index in [0.29, 0.717) is 12.1 Å². The van der Waals surface area contributed by atoms with Crippen molar-refractivity contribution in [1.29, 1.82) is 0 Å². The zero-order valence-electron chi connectivity index (χ0n) is 12.3. The Bertz CT molecular complexity index is 168. The number of hydrogen-bond acceptors (Lipinski definition) is 4. The lowest BCUT2D eigenvalue weighted by Crippen LogP contribution is -2.34. The van der Waals surface area contributed by atoms with Crippen LogP contribution in [0.25, 0.3) is 0 Å². The summed E-state index contributed by atoms with van der Waals surface area (Å²) in [7, 11) is 0. The molecule has 0 amide bonds. The van der Waals surface area contributed by atoms with Gasteiger partial charge in [0.2, 0.25) is 0 Å². The van der Waals surface area contributed by atoms with Gasteiger partial charge in [-0.1, -0.05) is 13.8 Å². The molecule has 2 fully saturated rings. The normalized spacial score (nSPS) is 29.3. The molecule has 0 aromatic heterocycles. The predicted octanol–water partition coefficient (Wildman–Crippen LogP) is 0.859. The van der Waals surface area contributed by atoms with Crippen molar-refractivity contribution in [3.8, 4) is 0 Å². The fourth-order valence-corrected chi connectivity index (χ4v) is 3.16. The summed E-state index contributed by atoms with van der Waals surface area (Å²) < 4.78 is 0. The van der Waals surface area contributed by atoms with Crippen LogP contribution in [0.3, 0.4) is 0 Å². The molecule has 2 aliphatic rings. The molecule has 4 N–H and O–H groups in total. The molecule has 2 heterocycles. The van der Waals surface area contributed by atoms with E-state index in [0.717, 1.165) is 13.1 Å². The van der Waals surface area contributed by atoms with E-state index >= 15 is 0 Å².